The average Bonchev–Trinajstić information content (AvgIpc) is 3.45. The minimum absolute atomic E-state index is 0.0458. The number of rotatable bonds is 3. The molecule has 3 heteroatoms. The van der Waals surface area contributed by atoms with Crippen molar-refractivity contribution in [1.29, 1.82) is 0 Å². The monoisotopic (exact) mass is 403 g/mol. The Bertz CT molecular complexity index is 1150. The molecule has 0 N–H and O–H groups in total. The molecule has 3 aromatic carbocycles. The molecule has 1 saturated carbocycles. The van der Waals surface area contributed by atoms with Gasteiger partial charge in [-0.25, -0.2) is 4.90 Å². The second kappa shape index (κ2) is 6.92. The van der Waals surface area contributed by atoms with Gasteiger partial charge in [0.15, 0.2) is 0 Å². The quantitative estimate of drug-likeness (QED) is 0.450. The molecular formula is C28H21NO2. The molecular weight excluding hydrogens is 382 g/mol. The van der Waals surface area contributed by atoms with Gasteiger partial charge in [0.2, 0.25) is 11.8 Å². The van der Waals surface area contributed by atoms with Gasteiger partial charge in [-0.1, -0.05) is 91.0 Å². The van der Waals surface area contributed by atoms with Crippen molar-refractivity contribution in [3.8, 4) is 0 Å². The first-order valence-electron chi connectivity index (χ1n) is 10.7. The lowest BCUT2D eigenvalue weighted by Crippen LogP contribution is -2.33. The van der Waals surface area contributed by atoms with Crippen LogP contribution in [-0.2, 0) is 9.59 Å². The van der Waals surface area contributed by atoms with Crippen LogP contribution in [-0.4, -0.2) is 11.8 Å². The van der Waals surface area contributed by atoms with Crippen molar-refractivity contribution in [1.82, 2.24) is 0 Å². The molecule has 31 heavy (non-hydrogen) atoms. The van der Waals surface area contributed by atoms with Gasteiger partial charge in [-0.2, -0.15) is 0 Å². The van der Waals surface area contributed by atoms with Crippen LogP contribution >= 0.6 is 0 Å². The Morgan fingerprint density at radius 3 is 1.45 bits per heavy atom. The summed E-state index contributed by atoms with van der Waals surface area (Å²) in [6.07, 6.45) is 4.29. The molecule has 4 atom stereocenters. The van der Waals surface area contributed by atoms with Crippen molar-refractivity contribution in [2.75, 3.05) is 4.90 Å². The number of hydrogen-bond acceptors (Lipinski definition) is 2. The molecule has 2 bridgehead atoms. The van der Waals surface area contributed by atoms with E-state index in [0.29, 0.717) is 5.69 Å². The number of anilines is 1. The lowest BCUT2D eigenvalue weighted by Gasteiger charge is -2.21. The molecule has 2 fully saturated rings. The maximum atomic E-state index is 13.5. The van der Waals surface area contributed by atoms with Gasteiger partial charge in [-0.3, -0.25) is 9.59 Å². The molecule has 6 rings (SSSR count). The highest BCUT2D eigenvalue weighted by atomic mass is 16.2. The number of amides is 2. The largest absolute Gasteiger partial charge is 0.274 e. The van der Waals surface area contributed by atoms with Gasteiger partial charge in [0.05, 0.1) is 17.5 Å². The minimum Gasteiger partial charge on any atom is -0.274 e. The molecule has 2 aliphatic carbocycles. The highest BCUT2D eigenvalue weighted by Gasteiger charge is 2.62. The fraction of sp³-hybridized carbons (Fsp3) is 0.143. The van der Waals surface area contributed by atoms with Crippen molar-refractivity contribution in [2.45, 2.75) is 0 Å². The summed E-state index contributed by atoms with van der Waals surface area (Å²) in [5, 5.41) is 0. The number of hydrogen-bond donors (Lipinski definition) is 0. The van der Waals surface area contributed by atoms with E-state index in [2.05, 4.69) is 36.4 Å². The Labute approximate surface area is 181 Å². The zero-order chi connectivity index (χ0) is 20.9. The third-order valence-corrected chi connectivity index (χ3v) is 6.84. The smallest absolute Gasteiger partial charge is 0.238 e. The summed E-state index contributed by atoms with van der Waals surface area (Å²) < 4.78 is 0. The van der Waals surface area contributed by atoms with Gasteiger partial charge >= 0.3 is 0 Å². The van der Waals surface area contributed by atoms with E-state index < -0.39 is 0 Å². The standard InChI is InChI=1S/C28H21NO2/c30-27-25-21-16-17-22(26(25)28(31)29(27)20-14-8-3-9-15-20)24(21)23(18-10-4-1-5-11-18)19-12-6-2-7-13-19/h1-17,21-22,25-26H/t21-,22+,25-,26-/m1/s1. The predicted molar refractivity (Wildman–Crippen MR) is 121 cm³/mol. The van der Waals surface area contributed by atoms with Crippen LogP contribution in [0.4, 0.5) is 5.69 Å². The third-order valence-electron chi connectivity index (χ3n) is 6.84. The van der Waals surface area contributed by atoms with Crippen molar-refractivity contribution in [3.63, 3.8) is 0 Å². The van der Waals surface area contributed by atoms with Crippen molar-refractivity contribution < 1.29 is 9.59 Å². The summed E-state index contributed by atoms with van der Waals surface area (Å²) in [4.78, 5) is 28.4. The summed E-state index contributed by atoms with van der Waals surface area (Å²) in [5.74, 6) is -0.876. The lowest BCUT2D eigenvalue weighted by atomic mass is 9.85. The average molecular weight is 403 g/mol. The number of allylic oxidation sites excluding steroid dienone is 3. The maximum absolute atomic E-state index is 13.5. The summed E-state index contributed by atoms with van der Waals surface area (Å²) in [7, 11) is 0. The summed E-state index contributed by atoms with van der Waals surface area (Å²) in [6, 6.07) is 29.9. The van der Waals surface area contributed by atoms with E-state index in [4.69, 9.17) is 0 Å². The molecule has 3 nitrogen and oxygen atoms in total. The van der Waals surface area contributed by atoms with E-state index in [1.807, 2.05) is 66.7 Å². The van der Waals surface area contributed by atoms with E-state index >= 15 is 0 Å². The highest BCUT2D eigenvalue weighted by molar-refractivity contribution is 6.23. The second-order valence-electron chi connectivity index (χ2n) is 8.40. The molecule has 0 radical (unpaired) electrons. The van der Waals surface area contributed by atoms with Crippen LogP contribution in [0.3, 0.4) is 0 Å². The van der Waals surface area contributed by atoms with Crippen molar-refractivity contribution >= 4 is 23.1 Å². The topological polar surface area (TPSA) is 37.4 Å². The van der Waals surface area contributed by atoms with Gasteiger partial charge in [-0.05, 0) is 34.4 Å². The molecule has 1 saturated heterocycles. The van der Waals surface area contributed by atoms with Gasteiger partial charge in [0.25, 0.3) is 0 Å². The fourth-order valence-electron chi connectivity index (χ4n) is 5.64. The fourth-order valence-corrected chi connectivity index (χ4v) is 5.64. The highest BCUT2D eigenvalue weighted by Crippen LogP contribution is 2.58. The summed E-state index contributed by atoms with van der Waals surface area (Å²) >= 11 is 0. The molecule has 1 heterocycles. The zero-order valence-electron chi connectivity index (χ0n) is 16.9. The molecule has 0 aromatic heterocycles. The molecule has 150 valence electrons. The van der Waals surface area contributed by atoms with Crippen LogP contribution in [0.1, 0.15) is 11.1 Å². The summed E-state index contributed by atoms with van der Waals surface area (Å²) in [6.45, 7) is 0. The Morgan fingerprint density at radius 2 is 1.00 bits per heavy atom. The third kappa shape index (κ3) is 2.59. The van der Waals surface area contributed by atoms with Crippen LogP contribution in [0.2, 0.25) is 0 Å². The number of imide groups is 1. The number of carbonyl (C=O) groups excluding carboxylic acids is 2. The van der Waals surface area contributed by atoms with Gasteiger partial charge in [0, 0.05) is 11.8 Å². The first kappa shape index (κ1) is 18.1. The van der Waals surface area contributed by atoms with Crippen LogP contribution in [0.5, 0.6) is 0 Å². The van der Waals surface area contributed by atoms with E-state index in [9.17, 15) is 9.59 Å². The van der Waals surface area contributed by atoms with E-state index in [-0.39, 0.29) is 35.5 Å². The van der Waals surface area contributed by atoms with Crippen LogP contribution < -0.4 is 4.90 Å². The van der Waals surface area contributed by atoms with E-state index in [0.717, 1.165) is 16.7 Å². The van der Waals surface area contributed by atoms with Crippen molar-refractivity contribution in [2.24, 2.45) is 23.7 Å². The molecule has 3 aliphatic rings. The Kier molecular flexibility index (Phi) is 4.03. The minimum atomic E-state index is -0.319. The van der Waals surface area contributed by atoms with Gasteiger partial charge in [-0.15, -0.1) is 0 Å². The molecule has 1 aliphatic heterocycles. The first-order valence-corrected chi connectivity index (χ1v) is 10.7. The first-order chi connectivity index (χ1) is 15.3. The Hall–Kier alpha value is -3.72. The van der Waals surface area contributed by atoms with Crippen LogP contribution in [0.15, 0.2) is 109 Å². The number of nitrogens with zero attached hydrogens (tertiary/aromatic N) is 1. The zero-order valence-corrected chi connectivity index (χ0v) is 16.9. The number of benzene rings is 3. The normalized spacial score (nSPS) is 25.9. The van der Waals surface area contributed by atoms with Gasteiger partial charge in [0.1, 0.15) is 0 Å². The molecule has 0 spiro atoms. The lowest BCUT2D eigenvalue weighted by molar-refractivity contribution is -0.122. The number of fused-ring (bicyclic) bond motifs is 5. The molecule has 2 amide bonds. The van der Waals surface area contributed by atoms with Crippen molar-refractivity contribution in [3.05, 3.63) is 120 Å². The van der Waals surface area contributed by atoms with E-state index in [1.54, 1.807) is 0 Å². The number of para-hydroxylation sites is 1. The number of carbonyl (C=O) groups is 2. The van der Waals surface area contributed by atoms with Gasteiger partial charge < -0.3 is 0 Å². The molecule has 3 aromatic rings. The second-order valence-corrected chi connectivity index (χ2v) is 8.40. The summed E-state index contributed by atoms with van der Waals surface area (Å²) in [5.41, 5.74) is 5.29. The van der Waals surface area contributed by atoms with E-state index in [1.165, 1.54) is 10.5 Å². The van der Waals surface area contributed by atoms with Crippen LogP contribution in [0.25, 0.3) is 5.57 Å². The SMILES string of the molecule is O=C1[C@H]2[C@H](C(=O)N1c1ccccc1)[C@H]1C=C[C@@H]2C1=C(c1ccccc1)c1ccccc1. The molecule has 0 unspecified atom stereocenters. The maximum Gasteiger partial charge on any atom is 0.238 e. The Balaban J connectivity index is 1.50. The van der Waals surface area contributed by atoms with Crippen LogP contribution in [0, 0.1) is 23.7 Å². The Morgan fingerprint density at radius 1 is 0.581 bits per heavy atom. The predicted octanol–water partition coefficient (Wildman–Crippen LogP) is 5.11.